The number of nitrogens with one attached hydrogen (secondary N) is 2. The maximum Gasteiger partial charge on any atom is 0.269 e. The number of hydrogen-bond donors (Lipinski definition) is 4. The van der Waals surface area contributed by atoms with E-state index in [2.05, 4.69) is 10.6 Å². The van der Waals surface area contributed by atoms with E-state index in [0.717, 1.165) is 17.5 Å². The molecule has 0 spiro atoms. The lowest BCUT2D eigenvalue weighted by atomic mass is 9.97. The van der Waals surface area contributed by atoms with Crippen LogP contribution in [0, 0.1) is 0 Å². The van der Waals surface area contributed by atoms with Crippen LogP contribution in [0.15, 0.2) is 48.2 Å². The number of methoxy groups -OCH3 is 1. The number of ether oxygens (including phenoxy) is 1. The Hall–Kier alpha value is -3.15. The largest absolute Gasteiger partial charge is 0.496 e. The predicted molar refractivity (Wildman–Crippen MR) is 106 cm³/mol. The summed E-state index contributed by atoms with van der Waals surface area (Å²) in [6.45, 7) is 2.54. The number of hydrogen-bond acceptors (Lipinski definition) is 5. The summed E-state index contributed by atoms with van der Waals surface area (Å²) < 4.78 is 5.48. The number of nitrogens with two attached hydrogens (primary N) is 2. The summed E-state index contributed by atoms with van der Waals surface area (Å²) in [5.41, 5.74) is 16.0. The minimum atomic E-state index is -0.326. The Morgan fingerprint density at radius 2 is 1.85 bits per heavy atom. The molecule has 0 unspecified atom stereocenters. The van der Waals surface area contributed by atoms with Crippen molar-refractivity contribution in [2.75, 3.05) is 26.4 Å². The minimum absolute atomic E-state index is 0.0943. The van der Waals surface area contributed by atoms with Crippen molar-refractivity contribution in [1.82, 2.24) is 10.6 Å². The number of benzene rings is 2. The highest BCUT2D eigenvalue weighted by Gasteiger charge is 2.19. The first-order chi connectivity index (χ1) is 12.5. The average Bonchev–Trinajstić information content (AvgIpc) is 2.67. The van der Waals surface area contributed by atoms with E-state index in [1.165, 1.54) is 0 Å². The zero-order valence-corrected chi connectivity index (χ0v) is 15.4. The first-order valence-corrected chi connectivity index (χ1v) is 8.53. The molecule has 138 valence electrons. The number of rotatable bonds is 7. The van der Waals surface area contributed by atoms with Gasteiger partial charge in [-0.2, -0.15) is 0 Å². The van der Waals surface area contributed by atoms with Gasteiger partial charge in [-0.05, 0) is 24.1 Å². The van der Waals surface area contributed by atoms with Crippen LogP contribution in [-0.2, 0) is 4.79 Å². The van der Waals surface area contributed by atoms with Gasteiger partial charge in [-0.15, -0.1) is 0 Å². The third-order valence-electron chi connectivity index (χ3n) is 4.06. The maximum atomic E-state index is 12.3. The molecule has 26 heavy (non-hydrogen) atoms. The quantitative estimate of drug-likeness (QED) is 0.451. The Morgan fingerprint density at radius 1 is 1.15 bits per heavy atom. The Balaban J connectivity index is 2.61. The first-order valence-electron chi connectivity index (χ1n) is 8.53. The van der Waals surface area contributed by atoms with Crippen LogP contribution >= 0.6 is 0 Å². The standard InChI is InChI=1S/C20H26N4O2/c1-4-12-24-20(25)18(22)19(23-2)14-10-11-15(26-3)16(17(14)21)13-8-6-5-7-9-13/h5-11,23H,4,12,21-22H2,1-3H3,(H,24,25)/b19-18+. The number of carbonyl (C=O) groups excluding carboxylic acids is 1. The molecule has 0 aliphatic heterocycles. The van der Waals surface area contributed by atoms with Crippen LogP contribution in [-0.4, -0.2) is 26.6 Å². The number of carbonyl (C=O) groups is 1. The van der Waals surface area contributed by atoms with E-state index in [0.29, 0.717) is 29.2 Å². The molecular formula is C20H26N4O2. The van der Waals surface area contributed by atoms with Crippen LogP contribution in [0.1, 0.15) is 18.9 Å². The van der Waals surface area contributed by atoms with E-state index in [1.54, 1.807) is 20.2 Å². The maximum absolute atomic E-state index is 12.3. The molecule has 6 heteroatoms. The van der Waals surface area contributed by atoms with E-state index in [-0.39, 0.29) is 11.6 Å². The van der Waals surface area contributed by atoms with E-state index < -0.39 is 0 Å². The molecule has 6 N–H and O–H groups in total. The molecule has 0 radical (unpaired) electrons. The normalized spacial score (nSPS) is 11.5. The molecule has 6 nitrogen and oxygen atoms in total. The molecule has 0 bridgehead atoms. The Bertz CT molecular complexity index is 801. The fraction of sp³-hybridized carbons (Fsp3) is 0.250. The average molecular weight is 354 g/mol. The van der Waals surface area contributed by atoms with Gasteiger partial charge in [0.1, 0.15) is 11.4 Å². The fourth-order valence-electron chi connectivity index (χ4n) is 2.75. The number of nitrogen functional groups attached to an aromatic ring is 1. The summed E-state index contributed by atoms with van der Waals surface area (Å²) >= 11 is 0. The monoisotopic (exact) mass is 354 g/mol. The van der Waals surface area contributed by atoms with Gasteiger partial charge in [0.2, 0.25) is 0 Å². The first kappa shape index (κ1) is 19.2. The second-order valence-corrected chi connectivity index (χ2v) is 5.76. The molecule has 2 rings (SSSR count). The molecule has 0 saturated heterocycles. The number of anilines is 1. The second-order valence-electron chi connectivity index (χ2n) is 5.76. The lowest BCUT2D eigenvalue weighted by Crippen LogP contribution is -2.32. The van der Waals surface area contributed by atoms with Crippen LogP contribution in [0.3, 0.4) is 0 Å². The van der Waals surface area contributed by atoms with Crippen molar-refractivity contribution in [3.05, 3.63) is 53.7 Å². The van der Waals surface area contributed by atoms with E-state index in [9.17, 15) is 4.79 Å². The highest BCUT2D eigenvalue weighted by molar-refractivity contribution is 6.02. The van der Waals surface area contributed by atoms with E-state index in [4.69, 9.17) is 16.2 Å². The summed E-state index contributed by atoms with van der Waals surface area (Å²) in [5.74, 6) is 0.328. The zero-order valence-electron chi connectivity index (χ0n) is 15.4. The molecule has 0 atom stereocenters. The van der Waals surface area contributed by atoms with Crippen molar-refractivity contribution >= 4 is 17.3 Å². The zero-order chi connectivity index (χ0) is 19.1. The van der Waals surface area contributed by atoms with E-state index >= 15 is 0 Å². The van der Waals surface area contributed by atoms with Crippen LogP contribution in [0.4, 0.5) is 5.69 Å². The van der Waals surface area contributed by atoms with Crippen LogP contribution in [0.5, 0.6) is 5.75 Å². The summed E-state index contributed by atoms with van der Waals surface area (Å²) in [5, 5.41) is 5.78. The van der Waals surface area contributed by atoms with Crippen molar-refractivity contribution in [2.24, 2.45) is 5.73 Å². The second kappa shape index (κ2) is 8.80. The van der Waals surface area contributed by atoms with Crippen LogP contribution in [0.2, 0.25) is 0 Å². The van der Waals surface area contributed by atoms with Crippen LogP contribution < -0.4 is 26.8 Å². The Kier molecular flexibility index (Phi) is 6.49. The van der Waals surface area contributed by atoms with Gasteiger partial charge < -0.3 is 26.8 Å². The lowest BCUT2D eigenvalue weighted by molar-refractivity contribution is -0.117. The van der Waals surface area contributed by atoms with Gasteiger partial charge in [0.15, 0.2) is 0 Å². The topological polar surface area (TPSA) is 102 Å². The van der Waals surface area contributed by atoms with Gasteiger partial charge in [0.25, 0.3) is 5.91 Å². The molecule has 0 heterocycles. The summed E-state index contributed by atoms with van der Waals surface area (Å²) in [7, 11) is 3.31. The highest BCUT2D eigenvalue weighted by Crippen LogP contribution is 2.39. The van der Waals surface area contributed by atoms with Gasteiger partial charge in [-0.1, -0.05) is 37.3 Å². The third-order valence-corrected chi connectivity index (χ3v) is 4.06. The lowest BCUT2D eigenvalue weighted by Gasteiger charge is -2.18. The molecular weight excluding hydrogens is 328 g/mol. The Morgan fingerprint density at radius 3 is 2.42 bits per heavy atom. The summed E-state index contributed by atoms with van der Waals surface area (Å²) in [6, 6.07) is 13.3. The molecule has 2 aromatic carbocycles. The van der Waals surface area contributed by atoms with Crippen molar-refractivity contribution < 1.29 is 9.53 Å². The smallest absolute Gasteiger partial charge is 0.269 e. The highest BCUT2D eigenvalue weighted by atomic mass is 16.5. The third kappa shape index (κ3) is 3.91. The van der Waals surface area contributed by atoms with Crippen molar-refractivity contribution in [2.45, 2.75) is 13.3 Å². The minimum Gasteiger partial charge on any atom is -0.496 e. The molecule has 0 aliphatic carbocycles. The molecule has 0 fully saturated rings. The fourth-order valence-corrected chi connectivity index (χ4v) is 2.75. The van der Waals surface area contributed by atoms with E-state index in [1.807, 2.05) is 43.3 Å². The molecule has 1 amide bonds. The molecule has 0 aliphatic rings. The predicted octanol–water partition coefficient (Wildman–Crippen LogP) is 2.32. The SMILES string of the molecule is CCCNC(=O)/C(N)=C(\NC)c1ccc(OC)c(-c2ccccc2)c1N. The Labute approximate surface area is 154 Å². The van der Waals surface area contributed by atoms with Gasteiger partial charge >= 0.3 is 0 Å². The van der Waals surface area contributed by atoms with Gasteiger partial charge in [-0.3, -0.25) is 4.79 Å². The van der Waals surface area contributed by atoms with Gasteiger partial charge in [0.05, 0.1) is 18.5 Å². The van der Waals surface area contributed by atoms with Crippen LogP contribution in [0.25, 0.3) is 16.8 Å². The molecule has 2 aromatic rings. The van der Waals surface area contributed by atoms with Gasteiger partial charge in [0, 0.05) is 24.7 Å². The molecule has 0 aromatic heterocycles. The molecule has 0 saturated carbocycles. The number of amides is 1. The summed E-state index contributed by atoms with van der Waals surface area (Å²) in [6.07, 6.45) is 0.830. The van der Waals surface area contributed by atoms with Crippen molar-refractivity contribution in [1.29, 1.82) is 0 Å². The summed E-state index contributed by atoms with van der Waals surface area (Å²) in [4.78, 5) is 12.3. The van der Waals surface area contributed by atoms with Gasteiger partial charge in [-0.25, -0.2) is 0 Å². The van der Waals surface area contributed by atoms with Crippen molar-refractivity contribution in [3.8, 4) is 16.9 Å². The van der Waals surface area contributed by atoms with Crippen molar-refractivity contribution in [3.63, 3.8) is 0 Å².